The molecular formula is C12H9FN4O. The first-order valence-corrected chi connectivity index (χ1v) is 5.37. The Morgan fingerprint density at radius 3 is 3.00 bits per heavy atom. The van der Waals surface area contributed by atoms with Gasteiger partial charge in [-0.3, -0.25) is 0 Å². The first-order chi connectivity index (χ1) is 8.81. The van der Waals surface area contributed by atoms with E-state index in [9.17, 15) is 4.39 Å². The van der Waals surface area contributed by atoms with Crippen molar-refractivity contribution < 1.29 is 8.91 Å². The van der Waals surface area contributed by atoms with Gasteiger partial charge >= 0.3 is 0 Å². The molecule has 0 atom stereocenters. The molecule has 0 saturated carbocycles. The van der Waals surface area contributed by atoms with Crippen molar-refractivity contribution in [1.29, 1.82) is 0 Å². The fourth-order valence-electron chi connectivity index (χ4n) is 1.64. The summed E-state index contributed by atoms with van der Waals surface area (Å²) >= 11 is 0. The van der Waals surface area contributed by atoms with Crippen LogP contribution in [0.4, 0.5) is 4.39 Å². The van der Waals surface area contributed by atoms with Crippen LogP contribution in [-0.2, 0) is 6.54 Å². The highest BCUT2D eigenvalue weighted by Crippen LogP contribution is 2.17. The summed E-state index contributed by atoms with van der Waals surface area (Å²) in [6.07, 6.45) is 3.30. The zero-order valence-corrected chi connectivity index (χ0v) is 9.32. The van der Waals surface area contributed by atoms with Crippen molar-refractivity contribution in [2.75, 3.05) is 0 Å². The molecule has 90 valence electrons. The van der Waals surface area contributed by atoms with E-state index in [0.717, 1.165) is 0 Å². The molecule has 0 fully saturated rings. The summed E-state index contributed by atoms with van der Waals surface area (Å²) in [6.45, 7) is 0.447. The van der Waals surface area contributed by atoms with Crippen molar-refractivity contribution >= 4 is 0 Å². The van der Waals surface area contributed by atoms with Gasteiger partial charge in [0.2, 0.25) is 0 Å². The maximum Gasteiger partial charge on any atom is 0.158 e. The summed E-state index contributed by atoms with van der Waals surface area (Å²) in [4.78, 5) is 0. The zero-order chi connectivity index (χ0) is 12.4. The van der Waals surface area contributed by atoms with E-state index in [1.807, 2.05) is 0 Å². The predicted octanol–water partition coefficient (Wildman–Crippen LogP) is 2.12. The van der Waals surface area contributed by atoms with Crippen LogP contribution in [0.15, 0.2) is 47.2 Å². The second kappa shape index (κ2) is 4.40. The van der Waals surface area contributed by atoms with E-state index in [-0.39, 0.29) is 5.82 Å². The van der Waals surface area contributed by atoms with Gasteiger partial charge in [0, 0.05) is 11.6 Å². The fourth-order valence-corrected chi connectivity index (χ4v) is 1.64. The molecule has 0 aliphatic rings. The van der Waals surface area contributed by atoms with Crippen molar-refractivity contribution in [2.45, 2.75) is 6.54 Å². The SMILES string of the molecule is Fc1cccc(-c2cn(Cc3ccno3)nn2)c1. The molecule has 0 radical (unpaired) electrons. The average molecular weight is 244 g/mol. The summed E-state index contributed by atoms with van der Waals surface area (Å²) in [6, 6.07) is 7.99. The quantitative estimate of drug-likeness (QED) is 0.708. The summed E-state index contributed by atoms with van der Waals surface area (Å²) in [5.41, 5.74) is 1.31. The molecule has 5 nitrogen and oxygen atoms in total. The van der Waals surface area contributed by atoms with Gasteiger partial charge in [-0.2, -0.15) is 0 Å². The Balaban J connectivity index is 1.85. The van der Waals surface area contributed by atoms with Crippen LogP contribution in [0.1, 0.15) is 5.76 Å². The largest absolute Gasteiger partial charge is 0.359 e. The topological polar surface area (TPSA) is 56.7 Å². The van der Waals surface area contributed by atoms with Crippen LogP contribution < -0.4 is 0 Å². The van der Waals surface area contributed by atoms with Gasteiger partial charge in [0.15, 0.2) is 5.76 Å². The Labute approximate surface area is 102 Å². The third-order valence-corrected chi connectivity index (χ3v) is 2.47. The van der Waals surface area contributed by atoms with E-state index in [0.29, 0.717) is 23.6 Å². The lowest BCUT2D eigenvalue weighted by molar-refractivity contribution is 0.370. The molecule has 0 saturated heterocycles. The smallest absolute Gasteiger partial charge is 0.158 e. The minimum Gasteiger partial charge on any atom is -0.359 e. The Kier molecular flexibility index (Phi) is 2.60. The Bertz CT molecular complexity index is 648. The highest BCUT2D eigenvalue weighted by atomic mass is 19.1. The van der Waals surface area contributed by atoms with Crippen molar-refractivity contribution in [1.82, 2.24) is 20.2 Å². The number of hydrogen-bond donors (Lipinski definition) is 0. The van der Waals surface area contributed by atoms with Gasteiger partial charge in [-0.1, -0.05) is 22.5 Å². The number of nitrogens with zero attached hydrogens (tertiary/aromatic N) is 4. The monoisotopic (exact) mass is 244 g/mol. The first kappa shape index (κ1) is 10.6. The van der Waals surface area contributed by atoms with Gasteiger partial charge in [-0.25, -0.2) is 9.07 Å². The van der Waals surface area contributed by atoms with Crippen LogP contribution in [0.25, 0.3) is 11.3 Å². The van der Waals surface area contributed by atoms with Crippen molar-refractivity contribution in [3.63, 3.8) is 0 Å². The van der Waals surface area contributed by atoms with Gasteiger partial charge in [-0.15, -0.1) is 5.10 Å². The minimum absolute atomic E-state index is 0.294. The summed E-state index contributed by atoms with van der Waals surface area (Å²) in [5.74, 6) is 0.392. The third kappa shape index (κ3) is 2.13. The first-order valence-electron chi connectivity index (χ1n) is 5.37. The molecular weight excluding hydrogens is 235 g/mol. The second-order valence-electron chi connectivity index (χ2n) is 3.79. The van der Waals surface area contributed by atoms with E-state index in [1.54, 1.807) is 35.3 Å². The number of benzene rings is 1. The number of rotatable bonds is 3. The van der Waals surface area contributed by atoms with Crippen LogP contribution in [0.3, 0.4) is 0 Å². The highest BCUT2D eigenvalue weighted by molar-refractivity contribution is 5.57. The Morgan fingerprint density at radius 2 is 2.22 bits per heavy atom. The van der Waals surface area contributed by atoms with Crippen LogP contribution in [0.2, 0.25) is 0 Å². The van der Waals surface area contributed by atoms with Gasteiger partial charge in [-0.05, 0) is 12.1 Å². The fraction of sp³-hybridized carbons (Fsp3) is 0.0833. The van der Waals surface area contributed by atoms with E-state index in [4.69, 9.17) is 4.52 Å². The van der Waals surface area contributed by atoms with Gasteiger partial charge in [0.25, 0.3) is 0 Å². The van der Waals surface area contributed by atoms with Crippen molar-refractivity contribution in [3.05, 3.63) is 54.3 Å². The maximum atomic E-state index is 13.1. The molecule has 1 aromatic carbocycles. The van der Waals surface area contributed by atoms with Gasteiger partial charge < -0.3 is 4.52 Å². The molecule has 18 heavy (non-hydrogen) atoms. The standard InChI is InChI=1S/C12H9FN4O/c13-10-3-1-2-9(6-10)12-8-17(16-15-12)7-11-4-5-14-18-11/h1-6,8H,7H2. The number of aromatic nitrogens is 4. The molecule has 6 heteroatoms. The molecule has 0 spiro atoms. The van der Waals surface area contributed by atoms with Gasteiger partial charge in [0.05, 0.1) is 12.4 Å². The maximum absolute atomic E-state index is 13.1. The number of halogens is 1. The summed E-state index contributed by atoms with van der Waals surface area (Å²) in [7, 11) is 0. The Morgan fingerprint density at radius 1 is 1.28 bits per heavy atom. The summed E-state index contributed by atoms with van der Waals surface area (Å²) in [5, 5.41) is 11.6. The third-order valence-electron chi connectivity index (χ3n) is 2.47. The summed E-state index contributed by atoms with van der Waals surface area (Å²) < 4.78 is 19.7. The zero-order valence-electron chi connectivity index (χ0n) is 9.32. The lowest BCUT2D eigenvalue weighted by atomic mass is 10.2. The van der Waals surface area contributed by atoms with Crippen LogP contribution >= 0.6 is 0 Å². The molecule has 3 rings (SSSR count). The highest BCUT2D eigenvalue weighted by Gasteiger charge is 2.06. The molecule has 2 aromatic heterocycles. The van der Waals surface area contributed by atoms with Gasteiger partial charge in [0.1, 0.15) is 18.1 Å². The lowest BCUT2D eigenvalue weighted by Gasteiger charge is -1.95. The van der Waals surface area contributed by atoms with E-state index in [2.05, 4.69) is 15.5 Å². The Hall–Kier alpha value is -2.50. The molecule has 0 unspecified atom stereocenters. The molecule has 3 aromatic rings. The second-order valence-corrected chi connectivity index (χ2v) is 3.79. The number of hydrogen-bond acceptors (Lipinski definition) is 4. The van der Waals surface area contributed by atoms with Crippen LogP contribution in [0, 0.1) is 5.82 Å². The lowest BCUT2D eigenvalue weighted by Crippen LogP contribution is -1.98. The molecule has 0 bridgehead atoms. The van der Waals surface area contributed by atoms with Crippen molar-refractivity contribution in [3.8, 4) is 11.3 Å². The van der Waals surface area contributed by atoms with E-state index in [1.165, 1.54) is 12.1 Å². The predicted molar refractivity (Wildman–Crippen MR) is 61.0 cm³/mol. The minimum atomic E-state index is -0.294. The van der Waals surface area contributed by atoms with Crippen LogP contribution in [-0.4, -0.2) is 20.2 Å². The van der Waals surface area contributed by atoms with E-state index < -0.39 is 0 Å². The molecule has 2 heterocycles. The molecule has 0 aliphatic heterocycles. The molecule has 0 aliphatic carbocycles. The van der Waals surface area contributed by atoms with Crippen LogP contribution in [0.5, 0.6) is 0 Å². The normalized spacial score (nSPS) is 10.7. The average Bonchev–Trinajstić information content (AvgIpc) is 3.01. The molecule has 0 amide bonds. The molecule has 0 N–H and O–H groups in total. The van der Waals surface area contributed by atoms with E-state index >= 15 is 0 Å². The van der Waals surface area contributed by atoms with Crippen molar-refractivity contribution in [2.24, 2.45) is 0 Å².